The molecule has 7 nitrogen and oxygen atoms in total. The second-order valence-electron chi connectivity index (χ2n) is 6.34. The number of rotatable bonds is 3. The van der Waals surface area contributed by atoms with Crippen molar-refractivity contribution in [2.24, 2.45) is 5.92 Å². The second kappa shape index (κ2) is 6.75. The quantitative estimate of drug-likeness (QED) is 0.803. The molecule has 1 aromatic rings. The first kappa shape index (κ1) is 15.4. The van der Waals surface area contributed by atoms with Crippen molar-refractivity contribution in [2.45, 2.75) is 12.8 Å². The molecule has 2 fully saturated rings. The molecule has 0 aromatic carbocycles. The molecule has 1 aromatic heterocycles. The SMILES string of the molecule is [CH2]c1nnc(C(=O)N2CCN(CC3CCN(C)CC3)CC2)o1. The van der Waals surface area contributed by atoms with Gasteiger partial charge < -0.3 is 14.2 Å². The molecule has 1 radical (unpaired) electrons. The van der Waals surface area contributed by atoms with Crippen LogP contribution in [0.5, 0.6) is 0 Å². The van der Waals surface area contributed by atoms with Crippen LogP contribution in [0.4, 0.5) is 0 Å². The standard InChI is InChI=1S/C15H24N5O2/c1-12-16-17-14(22-12)15(21)20-9-7-19(8-10-20)11-13-3-5-18(2)6-4-13/h13H,1,3-11H2,2H3. The third kappa shape index (κ3) is 3.64. The Morgan fingerprint density at radius 2 is 1.86 bits per heavy atom. The number of hydrogen-bond donors (Lipinski definition) is 0. The zero-order chi connectivity index (χ0) is 15.5. The van der Waals surface area contributed by atoms with Crippen LogP contribution in [-0.4, -0.2) is 83.7 Å². The van der Waals surface area contributed by atoms with Crippen molar-refractivity contribution in [3.8, 4) is 0 Å². The average Bonchev–Trinajstić information content (AvgIpc) is 2.96. The maximum absolute atomic E-state index is 12.2. The van der Waals surface area contributed by atoms with E-state index in [1.54, 1.807) is 4.90 Å². The summed E-state index contributed by atoms with van der Waals surface area (Å²) in [5, 5.41) is 7.36. The van der Waals surface area contributed by atoms with Crippen LogP contribution in [0.2, 0.25) is 0 Å². The number of carbonyl (C=O) groups is 1. The van der Waals surface area contributed by atoms with Crippen LogP contribution in [0.1, 0.15) is 29.4 Å². The Morgan fingerprint density at radius 3 is 2.45 bits per heavy atom. The molecule has 3 heterocycles. The normalized spacial score (nSPS) is 22.2. The molecule has 0 unspecified atom stereocenters. The molecule has 22 heavy (non-hydrogen) atoms. The minimum atomic E-state index is -0.179. The lowest BCUT2D eigenvalue weighted by Crippen LogP contribution is -2.50. The highest BCUT2D eigenvalue weighted by Gasteiger charge is 2.27. The molecule has 2 saturated heterocycles. The first-order valence-corrected chi connectivity index (χ1v) is 7.97. The van der Waals surface area contributed by atoms with Gasteiger partial charge in [-0.05, 0) is 38.9 Å². The van der Waals surface area contributed by atoms with Crippen molar-refractivity contribution in [3.05, 3.63) is 18.7 Å². The van der Waals surface area contributed by atoms with Crippen LogP contribution in [0.25, 0.3) is 0 Å². The molecule has 0 bridgehead atoms. The highest BCUT2D eigenvalue weighted by molar-refractivity contribution is 5.89. The van der Waals surface area contributed by atoms with Crippen molar-refractivity contribution >= 4 is 5.91 Å². The number of hydrogen-bond acceptors (Lipinski definition) is 6. The summed E-state index contributed by atoms with van der Waals surface area (Å²) in [5.74, 6) is 0.850. The Morgan fingerprint density at radius 1 is 1.18 bits per heavy atom. The van der Waals surface area contributed by atoms with Gasteiger partial charge in [-0.1, -0.05) is 0 Å². The van der Waals surface area contributed by atoms with E-state index in [0.29, 0.717) is 0 Å². The minimum Gasteiger partial charge on any atom is -0.417 e. The van der Waals surface area contributed by atoms with Crippen LogP contribution in [-0.2, 0) is 0 Å². The Bertz CT molecular complexity index is 502. The summed E-state index contributed by atoms with van der Waals surface area (Å²) in [6.07, 6.45) is 2.56. The van der Waals surface area contributed by atoms with Crippen molar-refractivity contribution in [2.75, 3.05) is 52.9 Å². The summed E-state index contributed by atoms with van der Waals surface area (Å²) in [7, 11) is 2.19. The highest BCUT2D eigenvalue weighted by Crippen LogP contribution is 2.18. The van der Waals surface area contributed by atoms with Gasteiger partial charge in [-0.25, -0.2) is 0 Å². The van der Waals surface area contributed by atoms with Gasteiger partial charge in [0.15, 0.2) is 0 Å². The van der Waals surface area contributed by atoms with Crippen molar-refractivity contribution in [3.63, 3.8) is 0 Å². The summed E-state index contributed by atoms with van der Waals surface area (Å²) in [5.41, 5.74) is 0. The molecule has 2 aliphatic rings. The van der Waals surface area contributed by atoms with E-state index < -0.39 is 0 Å². The fraction of sp³-hybridized carbons (Fsp3) is 0.733. The topological polar surface area (TPSA) is 65.7 Å². The van der Waals surface area contributed by atoms with Crippen LogP contribution in [0.15, 0.2) is 4.42 Å². The highest BCUT2D eigenvalue weighted by atomic mass is 16.4. The van der Waals surface area contributed by atoms with Gasteiger partial charge in [0.1, 0.15) is 0 Å². The van der Waals surface area contributed by atoms with Gasteiger partial charge in [-0.2, -0.15) is 0 Å². The molecule has 0 atom stereocenters. The predicted molar refractivity (Wildman–Crippen MR) is 81.3 cm³/mol. The molecule has 0 spiro atoms. The van der Waals surface area contributed by atoms with E-state index in [2.05, 4.69) is 34.0 Å². The number of amides is 1. The summed E-state index contributed by atoms with van der Waals surface area (Å²) in [6.45, 7) is 10.4. The smallest absolute Gasteiger partial charge is 0.311 e. The Kier molecular flexibility index (Phi) is 4.73. The zero-order valence-corrected chi connectivity index (χ0v) is 13.2. The van der Waals surface area contributed by atoms with E-state index in [1.165, 1.54) is 25.9 Å². The summed E-state index contributed by atoms with van der Waals surface area (Å²) in [6, 6.07) is 0. The van der Waals surface area contributed by atoms with E-state index in [9.17, 15) is 4.79 Å². The van der Waals surface area contributed by atoms with Crippen molar-refractivity contribution in [1.82, 2.24) is 24.9 Å². The van der Waals surface area contributed by atoms with Crippen molar-refractivity contribution in [1.29, 1.82) is 0 Å². The zero-order valence-electron chi connectivity index (χ0n) is 13.2. The summed E-state index contributed by atoms with van der Waals surface area (Å²) in [4.78, 5) is 18.9. The second-order valence-corrected chi connectivity index (χ2v) is 6.34. The van der Waals surface area contributed by atoms with Crippen LogP contribution >= 0.6 is 0 Å². The van der Waals surface area contributed by atoms with E-state index in [0.717, 1.165) is 38.6 Å². The van der Waals surface area contributed by atoms with Crippen LogP contribution < -0.4 is 0 Å². The number of piperazine rings is 1. The molecule has 3 rings (SSSR count). The van der Waals surface area contributed by atoms with Crippen molar-refractivity contribution < 1.29 is 9.21 Å². The van der Waals surface area contributed by atoms with Crippen LogP contribution in [0, 0.1) is 12.8 Å². The van der Waals surface area contributed by atoms with Gasteiger partial charge in [-0.15, -0.1) is 10.2 Å². The first-order chi connectivity index (χ1) is 10.6. The Labute approximate surface area is 131 Å². The summed E-state index contributed by atoms with van der Waals surface area (Å²) < 4.78 is 5.11. The number of piperidine rings is 1. The largest absolute Gasteiger partial charge is 0.417 e. The van der Waals surface area contributed by atoms with Gasteiger partial charge in [0.2, 0.25) is 5.89 Å². The predicted octanol–water partition coefficient (Wildman–Crippen LogP) is 0.351. The third-order valence-electron chi connectivity index (χ3n) is 4.66. The van der Waals surface area contributed by atoms with E-state index in [-0.39, 0.29) is 17.7 Å². The monoisotopic (exact) mass is 306 g/mol. The fourth-order valence-corrected chi connectivity index (χ4v) is 3.22. The lowest BCUT2D eigenvalue weighted by molar-refractivity contribution is 0.0557. The molecule has 0 aliphatic carbocycles. The molecular formula is C15H24N5O2. The van der Waals surface area contributed by atoms with Gasteiger partial charge in [0, 0.05) is 39.6 Å². The van der Waals surface area contributed by atoms with Crippen LogP contribution in [0.3, 0.4) is 0 Å². The minimum absolute atomic E-state index is 0.0498. The van der Waals surface area contributed by atoms with E-state index >= 15 is 0 Å². The molecule has 0 N–H and O–H groups in total. The molecule has 121 valence electrons. The summed E-state index contributed by atoms with van der Waals surface area (Å²) >= 11 is 0. The molecule has 1 amide bonds. The van der Waals surface area contributed by atoms with Gasteiger partial charge >= 0.3 is 11.8 Å². The van der Waals surface area contributed by atoms with Gasteiger partial charge in [0.25, 0.3) is 0 Å². The Hall–Kier alpha value is -1.47. The fourth-order valence-electron chi connectivity index (χ4n) is 3.22. The van der Waals surface area contributed by atoms with Gasteiger partial charge in [0.05, 0.1) is 0 Å². The molecule has 0 saturated carbocycles. The molecular weight excluding hydrogens is 282 g/mol. The first-order valence-electron chi connectivity index (χ1n) is 7.97. The molecule has 7 heteroatoms. The maximum Gasteiger partial charge on any atom is 0.311 e. The number of likely N-dealkylation sites (tertiary alicyclic amines) is 1. The molecule has 2 aliphatic heterocycles. The maximum atomic E-state index is 12.2. The Balaban J connectivity index is 1.45. The lowest BCUT2D eigenvalue weighted by atomic mass is 9.96. The third-order valence-corrected chi connectivity index (χ3v) is 4.66. The number of nitrogens with zero attached hydrogens (tertiary/aromatic N) is 5. The number of aromatic nitrogens is 2. The van der Waals surface area contributed by atoms with E-state index in [4.69, 9.17) is 4.42 Å². The van der Waals surface area contributed by atoms with E-state index in [1.807, 2.05) is 0 Å². The number of carbonyl (C=O) groups excluding carboxylic acids is 1. The lowest BCUT2D eigenvalue weighted by Gasteiger charge is -2.37. The average molecular weight is 306 g/mol. The van der Waals surface area contributed by atoms with Gasteiger partial charge in [-0.3, -0.25) is 9.69 Å².